The smallest absolute Gasteiger partial charge is 0.180 e. The molecule has 0 spiro atoms. The Labute approximate surface area is 136 Å². The minimum Gasteiger partial charge on any atom is -0.293 e. The van der Waals surface area contributed by atoms with Crippen molar-refractivity contribution < 1.29 is 4.79 Å². The lowest BCUT2D eigenvalue weighted by atomic mass is 9.94. The molecule has 0 aliphatic rings. The van der Waals surface area contributed by atoms with E-state index < -0.39 is 5.25 Å². The second-order valence-electron chi connectivity index (χ2n) is 5.09. The number of rotatable bonds is 4. The molecule has 0 saturated heterocycles. The van der Waals surface area contributed by atoms with Gasteiger partial charge in [-0.2, -0.15) is 12.6 Å². The number of benzene rings is 3. The molecule has 2 heteroatoms. The average molecular weight is 304 g/mol. The normalized spacial score (nSPS) is 11.9. The van der Waals surface area contributed by atoms with Crippen molar-refractivity contribution in [3.63, 3.8) is 0 Å². The number of ketones is 1. The van der Waals surface area contributed by atoms with Crippen LogP contribution in [-0.4, -0.2) is 5.78 Å². The maximum atomic E-state index is 12.9. The Morgan fingerprint density at radius 2 is 1.27 bits per heavy atom. The average Bonchev–Trinajstić information content (AvgIpc) is 2.62. The topological polar surface area (TPSA) is 17.1 Å². The largest absolute Gasteiger partial charge is 0.293 e. The van der Waals surface area contributed by atoms with Gasteiger partial charge in [0.25, 0.3) is 0 Å². The van der Waals surface area contributed by atoms with Crippen molar-refractivity contribution in [2.24, 2.45) is 0 Å². The van der Waals surface area contributed by atoms with Gasteiger partial charge in [0, 0.05) is 5.56 Å². The van der Waals surface area contributed by atoms with Crippen LogP contribution in [0.3, 0.4) is 0 Å². The molecule has 0 amide bonds. The number of Topliss-reactive ketones (excluding diaryl/α,β-unsaturated/α-hetero) is 1. The summed E-state index contributed by atoms with van der Waals surface area (Å²) in [7, 11) is 0. The standard InChI is InChI=1S/C20H16OS/c21-19(20(22)16-11-5-2-6-12-16)18-14-8-7-13-17(18)15-9-3-1-4-10-15/h1-14,20,22H. The van der Waals surface area contributed by atoms with Crippen LogP contribution in [0.25, 0.3) is 11.1 Å². The Balaban J connectivity index is 2.01. The Bertz CT molecular complexity index is 766. The molecule has 0 aliphatic heterocycles. The van der Waals surface area contributed by atoms with Crippen molar-refractivity contribution >= 4 is 18.4 Å². The highest BCUT2D eigenvalue weighted by Gasteiger charge is 2.20. The van der Waals surface area contributed by atoms with Gasteiger partial charge in [0.2, 0.25) is 0 Å². The van der Waals surface area contributed by atoms with Gasteiger partial charge < -0.3 is 0 Å². The lowest BCUT2D eigenvalue weighted by Crippen LogP contribution is -2.09. The first-order valence-electron chi connectivity index (χ1n) is 7.19. The summed E-state index contributed by atoms with van der Waals surface area (Å²) >= 11 is 4.54. The molecule has 0 bridgehead atoms. The number of hydrogen-bond acceptors (Lipinski definition) is 2. The van der Waals surface area contributed by atoms with Crippen LogP contribution in [0.15, 0.2) is 84.9 Å². The fourth-order valence-electron chi connectivity index (χ4n) is 2.50. The fourth-order valence-corrected chi connectivity index (χ4v) is 2.81. The first-order chi connectivity index (χ1) is 10.8. The summed E-state index contributed by atoms with van der Waals surface area (Å²) < 4.78 is 0. The second kappa shape index (κ2) is 6.63. The van der Waals surface area contributed by atoms with Crippen molar-refractivity contribution in [2.45, 2.75) is 5.25 Å². The van der Waals surface area contributed by atoms with E-state index in [2.05, 4.69) is 12.6 Å². The molecule has 0 radical (unpaired) electrons. The van der Waals surface area contributed by atoms with Gasteiger partial charge in [0.1, 0.15) is 0 Å². The van der Waals surface area contributed by atoms with Crippen LogP contribution in [0, 0.1) is 0 Å². The van der Waals surface area contributed by atoms with Crippen LogP contribution in [0.1, 0.15) is 21.2 Å². The molecule has 108 valence electrons. The SMILES string of the molecule is O=C(c1ccccc1-c1ccccc1)C(S)c1ccccc1. The van der Waals surface area contributed by atoms with E-state index in [0.29, 0.717) is 5.56 Å². The van der Waals surface area contributed by atoms with E-state index in [0.717, 1.165) is 16.7 Å². The van der Waals surface area contributed by atoms with Crippen molar-refractivity contribution in [1.29, 1.82) is 0 Å². The monoisotopic (exact) mass is 304 g/mol. The number of hydrogen-bond donors (Lipinski definition) is 1. The zero-order valence-corrected chi connectivity index (χ0v) is 12.9. The van der Waals surface area contributed by atoms with Gasteiger partial charge in [-0.15, -0.1) is 0 Å². The molecular formula is C20H16OS. The first kappa shape index (κ1) is 14.6. The molecule has 0 heterocycles. The molecule has 0 N–H and O–H groups in total. The van der Waals surface area contributed by atoms with Gasteiger partial charge in [0.15, 0.2) is 5.78 Å². The van der Waals surface area contributed by atoms with Gasteiger partial charge in [-0.05, 0) is 16.7 Å². The number of carbonyl (C=O) groups is 1. The van der Waals surface area contributed by atoms with E-state index in [4.69, 9.17) is 0 Å². The van der Waals surface area contributed by atoms with Crippen LogP contribution in [0.4, 0.5) is 0 Å². The minimum atomic E-state index is -0.453. The Morgan fingerprint density at radius 3 is 1.95 bits per heavy atom. The fraction of sp³-hybridized carbons (Fsp3) is 0.0500. The Hall–Kier alpha value is -2.32. The maximum Gasteiger partial charge on any atom is 0.180 e. The van der Waals surface area contributed by atoms with Gasteiger partial charge in [-0.1, -0.05) is 84.9 Å². The van der Waals surface area contributed by atoms with Gasteiger partial charge in [-0.25, -0.2) is 0 Å². The summed E-state index contributed by atoms with van der Waals surface area (Å²) in [5.74, 6) is 0.0222. The van der Waals surface area contributed by atoms with Crippen molar-refractivity contribution in [3.05, 3.63) is 96.1 Å². The minimum absolute atomic E-state index is 0.0222. The summed E-state index contributed by atoms with van der Waals surface area (Å²) in [6, 6.07) is 27.3. The van der Waals surface area contributed by atoms with E-state index >= 15 is 0 Å². The van der Waals surface area contributed by atoms with Crippen molar-refractivity contribution in [2.75, 3.05) is 0 Å². The van der Waals surface area contributed by atoms with E-state index in [1.165, 1.54) is 0 Å². The molecule has 1 nitrogen and oxygen atoms in total. The van der Waals surface area contributed by atoms with Crippen LogP contribution < -0.4 is 0 Å². The molecule has 22 heavy (non-hydrogen) atoms. The van der Waals surface area contributed by atoms with Gasteiger partial charge in [-0.3, -0.25) is 4.79 Å². The second-order valence-corrected chi connectivity index (χ2v) is 5.61. The quantitative estimate of drug-likeness (QED) is 0.517. The molecular weight excluding hydrogens is 288 g/mol. The molecule has 0 aromatic heterocycles. The summed E-state index contributed by atoms with van der Waals surface area (Å²) in [5, 5.41) is -0.453. The lowest BCUT2D eigenvalue weighted by Gasteiger charge is -2.14. The molecule has 3 aromatic rings. The van der Waals surface area contributed by atoms with Crippen LogP contribution in [0.5, 0.6) is 0 Å². The van der Waals surface area contributed by atoms with Crippen LogP contribution in [-0.2, 0) is 0 Å². The number of carbonyl (C=O) groups excluding carboxylic acids is 1. The van der Waals surface area contributed by atoms with E-state index in [-0.39, 0.29) is 5.78 Å². The van der Waals surface area contributed by atoms with Gasteiger partial charge in [0.05, 0.1) is 5.25 Å². The third-order valence-electron chi connectivity index (χ3n) is 3.64. The highest BCUT2D eigenvalue weighted by molar-refractivity contribution is 7.81. The van der Waals surface area contributed by atoms with E-state index in [1.807, 2.05) is 84.9 Å². The van der Waals surface area contributed by atoms with E-state index in [9.17, 15) is 4.79 Å². The molecule has 1 unspecified atom stereocenters. The van der Waals surface area contributed by atoms with Crippen LogP contribution >= 0.6 is 12.6 Å². The molecule has 3 aromatic carbocycles. The lowest BCUT2D eigenvalue weighted by molar-refractivity contribution is 0.0990. The zero-order chi connectivity index (χ0) is 15.4. The molecule has 3 rings (SSSR count). The summed E-state index contributed by atoms with van der Waals surface area (Å²) in [5.41, 5.74) is 3.61. The Kier molecular flexibility index (Phi) is 4.40. The highest BCUT2D eigenvalue weighted by Crippen LogP contribution is 2.30. The molecule has 0 saturated carbocycles. The number of thiol groups is 1. The molecule has 0 aliphatic carbocycles. The molecule has 1 atom stereocenters. The third kappa shape index (κ3) is 2.97. The van der Waals surface area contributed by atoms with Crippen molar-refractivity contribution in [1.82, 2.24) is 0 Å². The van der Waals surface area contributed by atoms with Crippen molar-refractivity contribution in [3.8, 4) is 11.1 Å². The summed E-state index contributed by atoms with van der Waals surface area (Å²) in [6.07, 6.45) is 0. The highest BCUT2D eigenvalue weighted by atomic mass is 32.1. The molecule has 0 fully saturated rings. The summed E-state index contributed by atoms with van der Waals surface area (Å²) in [4.78, 5) is 12.9. The predicted molar refractivity (Wildman–Crippen MR) is 94.4 cm³/mol. The maximum absolute atomic E-state index is 12.9. The first-order valence-corrected chi connectivity index (χ1v) is 7.70. The third-order valence-corrected chi connectivity index (χ3v) is 4.17. The van der Waals surface area contributed by atoms with E-state index in [1.54, 1.807) is 0 Å². The predicted octanol–water partition coefficient (Wildman–Crippen LogP) is 5.21. The summed E-state index contributed by atoms with van der Waals surface area (Å²) in [6.45, 7) is 0. The zero-order valence-electron chi connectivity index (χ0n) is 12.0. The Morgan fingerprint density at radius 1 is 0.727 bits per heavy atom. The van der Waals surface area contributed by atoms with Gasteiger partial charge >= 0.3 is 0 Å². The van der Waals surface area contributed by atoms with Crippen LogP contribution in [0.2, 0.25) is 0 Å².